The molecule has 0 aromatic rings. The van der Waals surface area contributed by atoms with Crippen LogP contribution < -0.4 is 5.32 Å². The molecule has 2 aliphatic carbocycles. The van der Waals surface area contributed by atoms with Crippen LogP contribution in [0.25, 0.3) is 0 Å². The van der Waals surface area contributed by atoms with Gasteiger partial charge in [-0.3, -0.25) is 9.69 Å². The molecule has 19 heavy (non-hydrogen) atoms. The number of hydrogen-bond acceptors (Lipinski definition) is 3. The third-order valence-electron chi connectivity index (χ3n) is 5.17. The van der Waals surface area contributed by atoms with Gasteiger partial charge in [-0.1, -0.05) is 19.3 Å². The minimum Gasteiger partial charge on any atom is -0.387 e. The third-order valence-corrected chi connectivity index (χ3v) is 5.17. The highest BCUT2D eigenvalue weighted by Crippen LogP contribution is 2.44. The van der Waals surface area contributed by atoms with E-state index in [0.717, 1.165) is 25.7 Å². The molecule has 2 N–H and O–H groups in total. The quantitative estimate of drug-likeness (QED) is 0.806. The molecule has 1 aliphatic heterocycles. The monoisotopic (exact) mass is 266 g/mol. The fourth-order valence-electron chi connectivity index (χ4n) is 3.54. The summed E-state index contributed by atoms with van der Waals surface area (Å²) in [6, 6.07) is 0.285. The van der Waals surface area contributed by atoms with Crippen molar-refractivity contribution in [1.29, 1.82) is 0 Å². The van der Waals surface area contributed by atoms with Crippen molar-refractivity contribution in [3.8, 4) is 0 Å². The summed E-state index contributed by atoms with van der Waals surface area (Å²) in [7, 11) is 0. The minimum atomic E-state index is -0.487. The first-order valence-electron chi connectivity index (χ1n) is 7.85. The average Bonchev–Trinajstić information content (AvgIpc) is 3.20. The van der Waals surface area contributed by atoms with Crippen LogP contribution in [0.1, 0.15) is 51.9 Å². The summed E-state index contributed by atoms with van der Waals surface area (Å²) in [5.41, 5.74) is -0.487. The van der Waals surface area contributed by atoms with Crippen LogP contribution in [0.3, 0.4) is 0 Å². The zero-order valence-corrected chi connectivity index (χ0v) is 11.9. The molecule has 0 spiro atoms. The number of nitrogens with one attached hydrogen (secondary N) is 1. The van der Waals surface area contributed by atoms with E-state index >= 15 is 0 Å². The minimum absolute atomic E-state index is 0.0963. The van der Waals surface area contributed by atoms with Gasteiger partial charge in [0.2, 0.25) is 5.91 Å². The van der Waals surface area contributed by atoms with Gasteiger partial charge in [0.05, 0.1) is 11.6 Å². The van der Waals surface area contributed by atoms with Crippen molar-refractivity contribution in [3.05, 3.63) is 0 Å². The van der Waals surface area contributed by atoms with E-state index in [1.165, 1.54) is 19.3 Å². The lowest BCUT2D eigenvalue weighted by molar-refractivity contribution is -0.147. The van der Waals surface area contributed by atoms with Gasteiger partial charge in [0, 0.05) is 19.1 Å². The number of β-amino-alcohol motifs (C(OH)–C–C–N with tert-alkyl or cyclic N) is 1. The number of amides is 1. The van der Waals surface area contributed by atoms with E-state index in [9.17, 15) is 9.90 Å². The van der Waals surface area contributed by atoms with Gasteiger partial charge in [0.25, 0.3) is 0 Å². The summed E-state index contributed by atoms with van der Waals surface area (Å²) < 4.78 is 0. The number of hydrogen-bond donors (Lipinski definition) is 2. The predicted octanol–water partition coefficient (Wildman–Crippen LogP) is 1.28. The Kier molecular flexibility index (Phi) is 3.56. The summed E-state index contributed by atoms with van der Waals surface area (Å²) >= 11 is 0. The second-order valence-electron chi connectivity index (χ2n) is 6.80. The first-order valence-corrected chi connectivity index (χ1v) is 7.85. The summed E-state index contributed by atoms with van der Waals surface area (Å²) in [6.45, 7) is 3.32. The molecule has 0 bridgehead atoms. The fourth-order valence-corrected chi connectivity index (χ4v) is 3.54. The molecule has 3 aliphatic rings. The first kappa shape index (κ1) is 13.4. The topological polar surface area (TPSA) is 52.6 Å². The Morgan fingerprint density at radius 2 is 1.84 bits per heavy atom. The second kappa shape index (κ2) is 5.06. The normalized spacial score (nSPS) is 29.6. The molecular formula is C15H26N2O2. The molecule has 3 rings (SSSR count). The largest absolute Gasteiger partial charge is 0.387 e. The molecule has 1 saturated heterocycles. The van der Waals surface area contributed by atoms with Crippen molar-refractivity contribution in [1.82, 2.24) is 10.2 Å². The molecule has 1 unspecified atom stereocenters. The van der Waals surface area contributed by atoms with Crippen molar-refractivity contribution in [2.24, 2.45) is 5.92 Å². The van der Waals surface area contributed by atoms with Crippen LogP contribution in [-0.2, 0) is 4.79 Å². The molecule has 0 aromatic carbocycles. The Bertz CT molecular complexity index is 342. The summed E-state index contributed by atoms with van der Waals surface area (Å²) in [6.07, 6.45) is 8.37. The maximum Gasteiger partial charge on any atom is 0.237 e. The molecule has 4 nitrogen and oxygen atoms in total. The Morgan fingerprint density at radius 3 is 2.42 bits per heavy atom. The van der Waals surface area contributed by atoms with Gasteiger partial charge in [-0.25, -0.2) is 0 Å². The Labute approximate surface area is 115 Å². The summed E-state index contributed by atoms with van der Waals surface area (Å²) in [5.74, 6) is 0.641. The lowest BCUT2D eigenvalue weighted by atomic mass is 9.87. The van der Waals surface area contributed by atoms with Crippen molar-refractivity contribution < 1.29 is 9.90 Å². The van der Waals surface area contributed by atoms with Crippen LogP contribution in [0.5, 0.6) is 0 Å². The highest BCUT2D eigenvalue weighted by molar-refractivity contribution is 5.81. The van der Waals surface area contributed by atoms with Crippen molar-refractivity contribution in [3.63, 3.8) is 0 Å². The molecule has 108 valence electrons. The van der Waals surface area contributed by atoms with E-state index in [-0.39, 0.29) is 11.9 Å². The van der Waals surface area contributed by atoms with E-state index in [4.69, 9.17) is 0 Å². The zero-order valence-electron chi connectivity index (χ0n) is 11.9. The second-order valence-corrected chi connectivity index (χ2v) is 6.80. The van der Waals surface area contributed by atoms with E-state index in [1.807, 2.05) is 6.92 Å². The average molecular weight is 266 g/mol. The van der Waals surface area contributed by atoms with Gasteiger partial charge in [-0.15, -0.1) is 0 Å². The number of nitrogens with zero attached hydrogens (tertiary/aromatic N) is 1. The van der Waals surface area contributed by atoms with Crippen LogP contribution in [-0.4, -0.2) is 46.7 Å². The molecule has 0 aromatic heterocycles. The Morgan fingerprint density at radius 1 is 1.21 bits per heavy atom. The number of rotatable bonds is 4. The number of aliphatic hydroxyl groups is 1. The van der Waals surface area contributed by atoms with Crippen LogP contribution in [0.4, 0.5) is 0 Å². The summed E-state index contributed by atoms with van der Waals surface area (Å²) in [5, 5.41) is 13.5. The first-order chi connectivity index (χ1) is 9.08. The Hall–Kier alpha value is -0.610. The SMILES string of the molecule is CC(C(=O)NC1CCCCC1)N1CC(O)(C2CC2)C1. The standard InChI is InChI=1S/C15H26N2O2/c1-11(14(18)16-13-5-3-2-4-6-13)17-9-15(19,10-17)12-7-8-12/h11-13,19H,2-10H2,1H3,(H,16,18). The van der Waals surface area contributed by atoms with E-state index in [1.54, 1.807) is 0 Å². The third kappa shape index (κ3) is 2.79. The van der Waals surface area contributed by atoms with Gasteiger partial charge in [-0.05, 0) is 38.5 Å². The highest BCUT2D eigenvalue weighted by Gasteiger charge is 2.53. The maximum absolute atomic E-state index is 12.2. The van der Waals surface area contributed by atoms with Gasteiger partial charge in [0.1, 0.15) is 0 Å². The van der Waals surface area contributed by atoms with Crippen LogP contribution in [0, 0.1) is 5.92 Å². The van der Waals surface area contributed by atoms with Gasteiger partial charge in [-0.2, -0.15) is 0 Å². The molecule has 1 amide bonds. The van der Waals surface area contributed by atoms with E-state index in [0.29, 0.717) is 25.0 Å². The highest BCUT2D eigenvalue weighted by atomic mass is 16.3. The maximum atomic E-state index is 12.2. The summed E-state index contributed by atoms with van der Waals surface area (Å²) in [4.78, 5) is 14.3. The van der Waals surface area contributed by atoms with Crippen LogP contribution in [0.15, 0.2) is 0 Å². The molecule has 1 atom stereocenters. The van der Waals surface area contributed by atoms with Crippen LogP contribution in [0.2, 0.25) is 0 Å². The number of likely N-dealkylation sites (tertiary alicyclic amines) is 1. The Balaban J connectivity index is 1.45. The number of carbonyl (C=O) groups excluding carboxylic acids is 1. The van der Waals surface area contributed by atoms with E-state index in [2.05, 4.69) is 10.2 Å². The van der Waals surface area contributed by atoms with Gasteiger partial charge < -0.3 is 10.4 Å². The molecule has 1 heterocycles. The lowest BCUT2D eigenvalue weighted by Crippen LogP contribution is -2.67. The fraction of sp³-hybridized carbons (Fsp3) is 0.933. The molecule has 2 saturated carbocycles. The van der Waals surface area contributed by atoms with Gasteiger partial charge >= 0.3 is 0 Å². The zero-order chi connectivity index (χ0) is 13.5. The predicted molar refractivity (Wildman–Crippen MR) is 73.7 cm³/mol. The van der Waals surface area contributed by atoms with E-state index < -0.39 is 5.60 Å². The smallest absolute Gasteiger partial charge is 0.237 e. The van der Waals surface area contributed by atoms with Crippen LogP contribution >= 0.6 is 0 Å². The molecule has 3 fully saturated rings. The van der Waals surface area contributed by atoms with Gasteiger partial charge in [0.15, 0.2) is 0 Å². The van der Waals surface area contributed by atoms with Crippen molar-refractivity contribution in [2.75, 3.05) is 13.1 Å². The van der Waals surface area contributed by atoms with Crippen molar-refractivity contribution >= 4 is 5.91 Å². The number of carbonyl (C=O) groups is 1. The molecular weight excluding hydrogens is 240 g/mol. The molecule has 0 radical (unpaired) electrons. The van der Waals surface area contributed by atoms with Crippen molar-refractivity contribution in [2.45, 2.75) is 69.6 Å². The lowest BCUT2D eigenvalue weighted by Gasteiger charge is -2.49. The molecule has 4 heteroatoms.